The lowest BCUT2D eigenvalue weighted by atomic mass is 10.0. The van der Waals surface area contributed by atoms with Crippen LogP contribution in [-0.2, 0) is 6.54 Å². The van der Waals surface area contributed by atoms with E-state index in [1.54, 1.807) is 6.07 Å². The number of aromatic nitrogens is 1. The van der Waals surface area contributed by atoms with Crippen molar-refractivity contribution >= 4 is 0 Å². The number of hydrogen-bond donors (Lipinski definition) is 1. The molecule has 1 aromatic heterocycles. The van der Waals surface area contributed by atoms with Crippen molar-refractivity contribution in [1.82, 2.24) is 9.88 Å². The Balaban J connectivity index is 2.70. The van der Waals surface area contributed by atoms with Crippen LogP contribution in [0.1, 0.15) is 27.9 Å². The van der Waals surface area contributed by atoms with Gasteiger partial charge >= 0.3 is 0 Å². The lowest BCUT2D eigenvalue weighted by Gasteiger charge is -2.18. The lowest BCUT2D eigenvalue weighted by Crippen LogP contribution is -2.19. The summed E-state index contributed by atoms with van der Waals surface area (Å²) in [6.07, 6.45) is 1.96. The predicted molar refractivity (Wildman–Crippen MR) is 83.8 cm³/mol. The van der Waals surface area contributed by atoms with E-state index in [9.17, 15) is 4.79 Å². The molecule has 0 spiro atoms. The van der Waals surface area contributed by atoms with Crippen molar-refractivity contribution in [2.75, 3.05) is 7.05 Å². The van der Waals surface area contributed by atoms with E-state index in [1.807, 2.05) is 20.2 Å². The predicted octanol–water partition coefficient (Wildman–Crippen LogP) is 2.79. The molecule has 0 atom stereocenters. The largest absolute Gasteiger partial charge is 0.320 e. The summed E-state index contributed by atoms with van der Waals surface area (Å²) < 4.78 is 2.12. The number of pyridine rings is 1. The van der Waals surface area contributed by atoms with Gasteiger partial charge in [0.2, 0.25) is 0 Å². The van der Waals surface area contributed by atoms with Gasteiger partial charge in [-0.3, -0.25) is 4.79 Å². The third-order valence-corrected chi connectivity index (χ3v) is 3.56. The highest BCUT2D eigenvalue weighted by molar-refractivity contribution is 5.50. The molecule has 1 heterocycles. The standard InChI is InChI=1S/C17H22N2O/c1-11-6-12(2)17(13(3)7-11)19-10-15(9-18-5)16(20)8-14(19)4/h6-8,10,18H,9H2,1-5H3. The average Bonchev–Trinajstić information content (AvgIpc) is 2.33. The molecule has 0 saturated carbocycles. The number of nitrogens with zero attached hydrogens (tertiary/aromatic N) is 1. The van der Waals surface area contributed by atoms with E-state index in [2.05, 4.69) is 42.8 Å². The minimum Gasteiger partial charge on any atom is -0.320 e. The Hall–Kier alpha value is -1.87. The molecule has 0 aliphatic carbocycles. The van der Waals surface area contributed by atoms with Gasteiger partial charge in [-0.15, -0.1) is 0 Å². The highest BCUT2D eigenvalue weighted by atomic mass is 16.1. The minimum absolute atomic E-state index is 0.0931. The highest BCUT2D eigenvalue weighted by Crippen LogP contribution is 2.22. The molecular weight excluding hydrogens is 248 g/mol. The number of benzene rings is 1. The number of hydrogen-bond acceptors (Lipinski definition) is 2. The maximum Gasteiger partial charge on any atom is 0.186 e. The zero-order valence-electron chi connectivity index (χ0n) is 12.9. The van der Waals surface area contributed by atoms with Gasteiger partial charge in [0.1, 0.15) is 0 Å². The second-order valence-electron chi connectivity index (χ2n) is 5.45. The Morgan fingerprint density at radius 3 is 2.20 bits per heavy atom. The summed E-state index contributed by atoms with van der Waals surface area (Å²) >= 11 is 0. The van der Waals surface area contributed by atoms with Crippen LogP contribution in [0.15, 0.2) is 29.2 Å². The van der Waals surface area contributed by atoms with E-state index in [-0.39, 0.29) is 5.43 Å². The summed E-state index contributed by atoms with van der Waals surface area (Å²) in [5.41, 5.74) is 6.73. The van der Waals surface area contributed by atoms with Crippen molar-refractivity contribution in [3.05, 3.63) is 62.6 Å². The van der Waals surface area contributed by atoms with Gasteiger partial charge < -0.3 is 9.88 Å². The van der Waals surface area contributed by atoms with Crippen LogP contribution in [0.2, 0.25) is 0 Å². The average molecular weight is 270 g/mol. The van der Waals surface area contributed by atoms with E-state index in [4.69, 9.17) is 0 Å². The molecule has 0 aliphatic heterocycles. The van der Waals surface area contributed by atoms with Crippen LogP contribution in [0.5, 0.6) is 0 Å². The molecule has 2 rings (SSSR count). The molecular formula is C17H22N2O. The zero-order chi connectivity index (χ0) is 14.9. The van der Waals surface area contributed by atoms with Crippen LogP contribution < -0.4 is 10.7 Å². The van der Waals surface area contributed by atoms with Crippen LogP contribution in [-0.4, -0.2) is 11.6 Å². The molecule has 106 valence electrons. The Bertz CT molecular complexity index is 676. The van der Waals surface area contributed by atoms with Gasteiger partial charge in [0, 0.05) is 30.1 Å². The molecule has 3 nitrogen and oxygen atoms in total. The van der Waals surface area contributed by atoms with Crippen molar-refractivity contribution in [2.45, 2.75) is 34.2 Å². The second kappa shape index (κ2) is 5.63. The molecule has 1 N–H and O–H groups in total. The molecule has 2 aromatic rings. The fourth-order valence-corrected chi connectivity index (χ4v) is 2.79. The molecule has 0 amide bonds. The van der Waals surface area contributed by atoms with E-state index < -0.39 is 0 Å². The Labute approximate surface area is 120 Å². The molecule has 1 aromatic carbocycles. The third-order valence-electron chi connectivity index (χ3n) is 3.56. The lowest BCUT2D eigenvalue weighted by molar-refractivity contribution is 0.793. The minimum atomic E-state index is 0.0931. The van der Waals surface area contributed by atoms with Gasteiger partial charge in [0.05, 0.1) is 5.69 Å². The van der Waals surface area contributed by atoms with Crippen LogP contribution >= 0.6 is 0 Å². The number of rotatable bonds is 3. The van der Waals surface area contributed by atoms with Gasteiger partial charge in [-0.25, -0.2) is 0 Å². The summed E-state index contributed by atoms with van der Waals surface area (Å²) in [6, 6.07) is 6.07. The summed E-state index contributed by atoms with van der Waals surface area (Å²) in [5, 5.41) is 3.05. The summed E-state index contributed by atoms with van der Waals surface area (Å²) in [4.78, 5) is 12.0. The van der Waals surface area contributed by atoms with Gasteiger partial charge in [-0.1, -0.05) is 17.7 Å². The Morgan fingerprint density at radius 1 is 1.05 bits per heavy atom. The number of aryl methyl sites for hydroxylation is 4. The zero-order valence-corrected chi connectivity index (χ0v) is 12.9. The van der Waals surface area contributed by atoms with Gasteiger partial charge in [-0.05, 0) is 45.9 Å². The van der Waals surface area contributed by atoms with Crippen LogP contribution in [0.4, 0.5) is 0 Å². The van der Waals surface area contributed by atoms with Crippen LogP contribution in [0, 0.1) is 27.7 Å². The molecule has 0 radical (unpaired) electrons. The maximum absolute atomic E-state index is 12.0. The molecule has 0 unspecified atom stereocenters. The fraction of sp³-hybridized carbons (Fsp3) is 0.353. The van der Waals surface area contributed by atoms with Crippen LogP contribution in [0.25, 0.3) is 5.69 Å². The molecule has 3 heteroatoms. The quantitative estimate of drug-likeness (QED) is 0.930. The molecule has 20 heavy (non-hydrogen) atoms. The van der Waals surface area contributed by atoms with Gasteiger partial charge in [0.15, 0.2) is 5.43 Å². The monoisotopic (exact) mass is 270 g/mol. The SMILES string of the molecule is CNCc1cn(-c2c(C)cc(C)cc2C)c(C)cc1=O. The second-order valence-corrected chi connectivity index (χ2v) is 5.45. The maximum atomic E-state index is 12.0. The molecule has 0 aliphatic rings. The van der Waals surface area contributed by atoms with E-state index in [0.29, 0.717) is 6.54 Å². The molecule has 0 fully saturated rings. The highest BCUT2D eigenvalue weighted by Gasteiger charge is 2.10. The van der Waals surface area contributed by atoms with Crippen molar-refractivity contribution in [1.29, 1.82) is 0 Å². The summed E-state index contributed by atoms with van der Waals surface area (Å²) in [6.45, 7) is 8.90. The first-order chi connectivity index (χ1) is 9.43. The third kappa shape index (κ3) is 2.68. The Morgan fingerprint density at radius 2 is 1.65 bits per heavy atom. The smallest absolute Gasteiger partial charge is 0.186 e. The molecule has 0 saturated heterocycles. The topological polar surface area (TPSA) is 34.0 Å². The fourth-order valence-electron chi connectivity index (χ4n) is 2.79. The van der Waals surface area contributed by atoms with Crippen molar-refractivity contribution in [3.63, 3.8) is 0 Å². The van der Waals surface area contributed by atoms with Gasteiger partial charge in [0.25, 0.3) is 0 Å². The van der Waals surface area contributed by atoms with E-state index >= 15 is 0 Å². The summed E-state index contributed by atoms with van der Waals surface area (Å²) in [7, 11) is 1.85. The first kappa shape index (κ1) is 14.5. The first-order valence-electron chi connectivity index (χ1n) is 6.89. The Kier molecular flexibility index (Phi) is 4.09. The first-order valence-corrected chi connectivity index (χ1v) is 6.89. The van der Waals surface area contributed by atoms with E-state index in [0.717, 1.165) is 11.3 Å². The van der Waals surface area contributed by atoms with Crippen molar-refractivity contribution < 1.29 is 0 Å². The van der Waals surface area contributed by atoms with Crippen molar-refractivity contribution in [3.8, 4) is 5.69 Å². The van der Waals surface area contributed by atoms with Gasteiger partial charge in [-0.2, -0.15) is 0 Å². The number of nitrogens with one attached hydrogen (secondary N) is 1. The van der Waals surface area contributed by atoms with Crippen molar-refractivity contribution in [2.24, 2.45) is 0 Å². The van der Waals surface area contributed by atoms with E-state index in [1.165, 1.54) is 22.4 Å². The summed E-state index contributed by atoms with van der Waals surface area (Å²) in [5.74, 6) is 0. The van der Waals surface area contributed by atoms with Crippen LogP contribution in [0.3, 0.4) is 0 Å². The normalized spacial score (nSPS) is 10.8. The molecule has 0 bridgehead atoms.